The van der Waals surface area contributed by atoms with E-state index in [1.165, 1.54) is 0 Å². The Labute approximate surface area is 264 Å². The second-order valence-corrected chi connectivity index (χ2v) is 10.3. The van der Waals surface area contributed by atoms with Crippen molar-refractivity contribution >= 4 is 16.7 Å². The molecule has 7 heteroatoms. The van der Waals surface area contributed by atoms with Crippen LogP contribution >= 0.6 is 0 Å². The SMILES string of the molecule is CCCCOc1ccc(/C(=C(/c2ccccc2)c2ccc(C(C)=C(C#N)C#N)cc2)c2ccc(OCCCN=[N+]=[N-])cc2)cc1. The van der Waals surface area contributed by atoms with Crippen molar-refractivity contribution in [1.82, 2.24) is 0 Å². The molecule has 7 nitrogen and oxygen atoms in total. The van der Waals surface area contributed by atoms with Crippen molar-refractivity contribution in [3.8, 4) is 23.6 Å². The summed E-state index contributed by atoms with van der Waals surface area (Å²) < 4.78 is 11.9. The number of hydrogen-bond acceptors (Lipinski definition) is 5. The van der Waals surface area contributed by atoms with E-state index in [2.05, 4.69) is 53.3 Å². The van der Waals surface area contributed by atoms with E-state index in [0.717, 1.165) is 63.3 Å². The predicted octanol–water partition coefficient (Wildman–Crippen LogP) is 9.77. The summed E-state index contributed by atoms with van der Waals surface area (Å²) in [6, 6.07) is 38.4. The van der Waals surface area contributed by atoms with E-state index < -0.39 is 0 Å². The third kappa shape index (κ3) is 8.65. The highest BCUT2D eigenvalue weighted by Crippen LogP contribution is 2.38. The number of nitrogens with zero attached hydrogens (tertiary/aromatic N) is 5. The van der Waals surface area contributed by atoms with E-state index in [9.17, 15) is 10.5 Å². The van der Waals surface area contributed by atoms with Crippen LogP contribution in [0, 0.1) is 22.7 Å². The summed E-state index contributed by atoms with van der Waals surface area (Å²) >= 11 is 0. The molecule has 0 saturated heterocycles. The predicted molar refractivity (Wildman–Crippen MR) is 179 cm³/mol. The molecule has 4 aromatic rings. The lowest BCUT2D eigenvalue weighted by molar-refractivity contribution is 0.309. The first-order chi connectivity index (χ1) is 22.1. The van der Waals surface area contributed by atoms with E-state index in [1.807, 2.05) is 78.9 Å². The minimum absolute atomic E-state index is 0.101. The largest absolute Gasteiger partial charge is 0.494 e. The van der Waals surface area contributed by atoms with E-state index in [1.54, 1.807) is 6.92 Å². The highest BCUT2D eigenvalue weighted by molar-refractivity contribution is 6.04. The van der Waals surface area contributed by atoms with Crippen LogP contribution in [0.2, 0.25) is 0 Å². The number of allylic oxidation sites excluding steroid dienone is 2. The van der Waals surface area contributed by atoms with Gasteiger partial charge in [0.05, 0.1) is 13.2 Å². The topological polar surface area (TPSA) is 115 Å². The summed E-state index contributed by atoms with van der Waals surface area (Å²) in [5.74, 6) is 1.56. The summed E-state index contributed by atoms with van der Waals surface area (Å²) in [6.07, 6.45) is 2.71. The standard InChI is InChI=1S/C38H35N5O2/c1-3-4-24-44-35-19-15-32(16-20-35)38(33-17-21-36(22-18-33)45-25-8-23-42-43-41)37(30-9-6-5-7-10-30)31-13-11-29(12-14-31)28(2)34(26-39)27-40/h5-7,9-22H,3-4,8,23-25H2,1-2H3/b38-37+. The van der Waals surface area contributed by atoms with Crippen LogP contribution < -0.4 is 9.47 Å². The highest BCUT2D eigenvalue weighted by Gasteiger charge is 2.17. The molecule has 0 aliphatic rings. The summed E-state index contributed by atoms with van der Waals surface area (Å²) in [6.45, 7) is 5.46. The Kier molecular flexibility index (Phi) is 12.0. The third-order valence-electron chi connectivity index (χ3n) is 7.30. The molecule has 0 amide bonds. The van der Waals surface area contributed by atoms with Crippen molar-refractivity contribution in [2.75, 3.05) is 19.8 Å². The maximum atomic E-state index is 9.38. The lowest BCUT2D eigenvalue weighted by atomic mass is 9.85. The molecule has 4 rings (SSSR count). The molecular formula is C38H35N5O2. The molecule has 0 saturated carbocycles. The molecule has 0 spiro atoms. The Hall–Kier alpha value is -5.75. The van der Waals surface area contributed by atoms with Crippen LogP contribution in [0.15, 0.2) is 114 Å². The maximum Gasteiger partial charge on any atom is 0.133 e. The van der Waals surface area contributed by atoms with Gasteiger partial charge in [0, 0.05) is 11.5 Å². The summed E-state index contributed by atoms with van der Waals surface area (Å²) in [7, 11) is 0. The Bertz CT molecular complexity index is 1740. The van der Waals surface area contributed by atoms with Crippen LogP contribution in [-0.4, -0.2) is 19.8 Å². The number of ether oxygens (including phenoxy) is 2. The van der Waals surface area contributed by atoms with Gasteiger partial charge < -0.3 is 9.47 Å². The quantitative estimate of drug-likeness (QED) is 0.0361. The van der Waals surface area contributed by atoms with Crippen LogP contribution in [-0.2, 0) is 0 Å². The number of nitriles is 2. The molecular weight excluding hydrogens is 558 g/mol. The van der Waals surface area contributed by atoms with Crippen molar-refractivity contribution in [1.29, 1.82) is 10.5 Å². The number of azide groups is 1. The zero-order valence-corrected chi connectivity index (χ0v) is 25.6. The van der Waals surface area contributed by atoms with E-state index in [4.69, 9.17) is 15.0 Å². The van der Waals surface area contributed by atoms with Gasteiger partial charge in [-0.15, -0.1) is 0 Å². The molecule has 0 atom stereocenters. The second-order valence-electron chi connectivity index (χ2n) is 10.3. The molecule has 0 bridgehead atoms. The monoisotopic (exact) mass is 593 g/mol. The summed E-state index contributed by atoms with van der Waals surface area (Å²) in [5, 5.41) is 22.3. The third-order valence-corrected chi connectivity index (χ3v) is 7.30. The Balaban J connectivity index is 1.85. The average Bonchev–Trinajstić information content (AvgIpc) is 3.09. The minimum atomic E-state index is 0.101. The molecule has 0 radical (unpaired) electrons. The second kappa shape index (κ2) is 16.8. The van der Waals surface area contributed by atoms with Crippen LogP contribution in [0.25, 0.3) is 27.2 Å². The van der Waals surface area contributed by atoms with E-state index in [0.29, 0.717) is 31.8 Å². The van der Waals surface area contributed by atoms with Gasteiger partial charge in [-0.2, -0.15) is 10.5 Å². The molecule has 0 heterocycles. The smallest absolute Gasteiger partial charge is 0.133 e. The Morgan fingerprint density at radius 3 is 1.58 bits per heavy atom. The van der Waals surface area contributed by atoms with Gasteiger partial charge >= 0.3 is 0 Å². The van der Waals surface area contributed by atoms with Gasteiger partial charge in [0.15, 0.2) is 0 Å². The Morgan fingerprint density at radius 1 is 0.667 bits per heavy atom. The summed E-state index contributed by atoms with van der Waals surface area (Å²) in [5.41, 5.74) is 16.2. The number of rotatable bonds is 14. The first kappa shape index (κ1) is 32.2. The molecule has 0 aliphatic carbocycles. The maximum absolute atomic E-state index is 9.38. The molecule has 0 unspecified atom stereocenters. The summed E-state index contributed by atoms with van der Waals surface area (Å²) in [4.78, 5) is 2.79. The van der Waals surface area contributed by atoms with Gasteiger partial charge in [0.25, 0.3) is 0 Å². The fraction of sp³-hybridized carbons (Fsp3) is 0.211. The van der Waals surface area contributed by atoms with Crippen LogP contribution in [0.5, 0.6) is 11.5 Å². The molecule has 0 N–H and O–H groups in total. The molecule has 4 aromatic carbocycles. The van der Waals surface area contributed by atoms with Crippen molar-refractivity contribution in [3.05, 3.63) is 147 Å². The zero-order chi connectivity index (χ0) is 31.9. The number of unbranched alkanes of at least 4 members (excludes halogenated alkanes) is 1. The molecule has 0 aromatic heterocycles. The van der Waals surface area contributed by atoms with Crippen molar-refractivity contribution in [2.45, 2.75) is 33.1 Å². The van der Waals surface area contributed by atoms with Gasteiger partial charge in [-0.1, -0.05) is 97.3 Å². The van der Waals surface area contributed by atoms with Crippen molar-refractivity contribution < 1.29 is 9.47 Å². The minimum Gasteiger partial charge on any atom is -0.494 e. The van der Waals surface area contributed by atoms with E-state index >= 15 is 0 Å². The first-order valence-corrected chi connectivity index (χ1v) is 15.0. The molecule has 224 valence electrons. The van der Waals surface area contributed by atoms with E-state index in [-0.39, 0.29) is 5.57 Å². The fourth-order valence-corrected chi connectivity index (χ4v) is 4.88. The van der Waals surface area contributed by atoms with Gasteiger partial charge in [-0.25, -0.2) is 0 Å². The highest BCUT2D eigenvalue weighted by atomic mass is 16.5. The van der Waals surface area contributed by atoms with Crippen molar-refractivity contribution in [3.63, 3.8) is 0 Å². The van der Waals surface area contributed by atoms with Crippen LogP contribution in [0.1, 0.15) is 60.9 Å². The van der Waals surface area contributed by atoms with Gasteiger partial charge in [0.2, 0.25) is 0 Å². The molecule has 0 aliphatic heterocycles. The van der Waals surface area contributed by atoms with Crippen LogP contribution in [0.3, 0.4) is 0 Å². The van der Waals surface area contributed by atoms with Gasteiger partial charge in [-0.05, 0) is 94.1 Å². The van der Waals surface area contributed by atoms with Crippen LogP contribution in [0.4, 0.5) is 0 Å². The van der Waals surface area contributed by atoms with Crippen molar-refractivity contribution in [2.24, 2.45) is 5.11 Å². The number of hydrogen-bond donors (Lipinski definition) is 0. The lowest BCUT2D eigenvalue weighted by Gasteiger charge is -2.19. The molecule has 0 fully saturated rings. The van der Waals surface area contributed by atoms with Gasteiger partial charge in [-0.3, -0.25) is 0 Å². The fourth-order valence-electron chi connectivity index (χ4n) is 4.88. The Morgan fingerprint density at radius 2 is 1.11 bits per heavy atom. The normalized spacial score (nSPS) is 10.8. The lowest BCUT2D eigenvalue weighted by Crippen LogP contribution is -2.01. The number of benzene rings is 4. The average molecular weight is 594 g/mol. The van der Waals surface area contributed by atoms with Gasteiger partial charge in [0.1, 0.15) is 29.2 Å². The molecule has 45 heavy (non-hydrogen) atoms. The first-order valence-electron chi connectivity index (χ1n) is 15.0. The zero-order valence-electron chi connectivity index (χ0n) is 25.6.